The van der Waals surface area contributed by atoms with E-state index in [0.29, 0.717) is 10.7 Å². The lowest BCUT2D eigenvalue weighted by molar-refractivity contribution is 0.195. The smallest absolute Gasteiger partial charge is 0.323 e. The van der Waals surface area contributed by atoms with E-state index in [1.54, 1.807) is 24.3 Å². The van der Waals surface area contributed by atoms with Crippen molar-refractivity contribution in [1.82, 2.24) is 0 Å². The van der Waals surface area contributed by atoms with E-state index in [0.717, 1.165) is 0 Å². The highest BCUT2D eigenvalue weighted by Crippen LogP contribution is 2.35. The summed E-state index contributed by atoms with van der Waals surface area (Å²) in [7, 11) is 0. The highest BCUT2D eigenvalue weighted by atomic mass is 35.5. The number of rotatable bonds is 3. The minimum Gasteiger partial charge on any atom is -0.505 e. The monoisotopic (exact) mass is 306 g/mol. The first-order valence-corrected chi connectivity index (χ1v) is 6.68. The van der Waals surface area contributed by atoms with Crippen molar-refractivity contribution in [2.75, 3.05) is 10.6 Å². The van der Waals surface area contributed by atoms with Crippen LogP contribution in [0.5, 0.6) is 5.75 Å². The van der Waals surface area contributed by atoms with Crippen LogP contribution in [0.3, 0.4) is 0 Å². The van der Waals surface area contributed by atoms with Crippen molar-refractivity contribution in [2.45, 2.75) is 13.0 Å². The lowest BCUT2D eigenvalue weighted by atomic mass is 10.1. The van der Waals surface area contributed by atoms with Crippen LogP contribution < -0.4 is 10.6 Å². The fraction of sp³-hybridized carbons (Fsp3) is 0.133. The summed E-state index contributed by atoms with van der Waals surface area (Å²) < 4.78 is 0. The molecule has 0 saturated heterocycles. The van der Waals surface area contributed by atoms with Crippen LogP contribution in [-0.4, -0.2) is 16.2 Å². The van der Waals surface area contributed by atoms with Crippen LogP contribution in [0.15, 0.2) is 42.5 Å². The number of aromatic hydroxyl groups is 1. The molecule has 0 heterocycles. The third kappa shape index (κ3) is 3.87. The summed E-state index contributed by atoms with van der Waals surface area (Å²) in [5.74, 6) is -0.211. The lowest BCUT2D eigenvalue weighted by Gasteiger charge is -2.14. The van der Waals surface area contributed by atoms with Gasteiger partial charge in [-0.15, -0.1) is 0 Å². The number of carbonyl (C=O) groups excluding carboxylic acids is 1. The molecule has 0 aliphatic heterocycles. The third-order valence-corrected chi connectivity index (χ3v) is 3.05. The molecule has 0 spiro atoms. The van der Waals surface area contributed by atoms with Crippen molar-refractivity contribution in [3.8, 4) is 5.75 Å². The van der Waals surface area contributed by atoms with Crippen LogP contribution in [0.25, 0.3) is 0 Å². The molecule has 4 N–H and O–H groups in total. The van der Waals surface area contributed by atoms with E-state index in [1.807, 2.05) is 6.07 Å². The zero-order valence-corrected chi connectivity index (χ0v) is 12.1. The highest BCUT2D eigenvalue weighted by Gasteiger charge is 2.15. The van der Waals surface area contributed by atoms with Gasteiger partial charge >= 0.3 is 6.03 Å². The summed E-state index contributed by atoms with van der Waals surface area (Å²) >= 11 is 5.92. The number of para-hydroxylation sites is 1. The van der Waals surface area contributed by atoms with Crippen molar-refractivity contribution < 1.29 is 15.0 Å². The lowest BCUT2D eigenvalue weighted by Crippen LogP contribution is -2.19. The molecule has 0 aromatic heterocycles. The predicted octanol–water partition coefficient (Wildman–Crippen LogP) is 3.74. The van der Waals surface area contributed by atoms with Crippen LogP contribution in [-0.2, 0) is 0 Å². The Hall–Kier alpha value is -2.24. The van der Waals surface area contributed by atoms with E-state index in [-0.39, 0.29) is 17.0 Å². The average molecular weight is 307 g/mol. The number of phenols is 1. The molecule has 0 fully saturated rings. The fourth-order valence-corrected chi connectivity index (χ4v) is 2.07. The van der Waals surface area contributed by atoms with Crippen molar-refractivity contribution in [3.63, 3.8) is 0 Å². The number of halogens is 1. The Bertz CT molecular complexity index is 645. The van der Waals surface area contributed by atoms with E-state index in [2.05, 4.69) is 10.6 Å². The van der Waals surface area contributed by atoms with Gasteiger partial charge in [0, 0.05) is 16.3 Å². The Morgan fingerprint density at radius 2 is 1.86 bits per heavy atom. The molecule has 1 unspecified atom stereocenters. The van der Waals surface area contributed by atoms with Gasteiger partial charge in [-0.05, 0) is 31.2 Å². The number of benzene rings is 2. The number of hydrogen-bond donors (Lipinski definition) is 4. The number of urea groups is 1. The second-order valence-electron chi connectivity index (χ2n) is 4.51. The number of aliphatic hydroxyl groups is 1. The van der Waals surface area contributed by atoms with Gasteiger partial charge in [0.05, 0.1) is 11.8 Å². The van der Waals surface area contributed by atoms with Crippen LogP contribution >= 0.6 is 11.6 Å². The van der Waals surface area contributed by atoms with Crippen LogP contribution in [0, 0.1) is 0 Å². The minimum absolute atomic E-state index is 0.131. The average Bonchev–Trinajstić information content (AvgIpc) is 2.43. The van der Waals surface area contributed by atoms with Crippen molar-refractivity contribution in [3.05, 3.63) is 53.1 Å². The molecular weight excluding hydrogens is 292 g/mol. The Labute approximate surface area is 127 Å². The molecule has 2 aromatic rings. The number of phenolic OH excluding ortho intramolecular Hbond substituents is 1. The van der Waals surface area contributed by atoms with E-state index >= 15 is 0 Å². The molecule has 0 aliphatic rings. The van der Waals surface area contributed by atoms with Crippen molar-refractivity contribution >= 4 is 29.0 Å². The topological polar surface area (TPSA) is 81.6 Å². The molecule has 6 heteroatoms. The molecule has 2 amide bonds. The first-order chi connectivity index (χ1) is 9.97. The maximum atomic E-state index is 11.9. The van der Waals surface area contributed by atoms with E-state index in [1.165, 1.54) is 19.1 Å². The van der Waals surface area contributed by atoms with Gasteiger partial charge in [0.25, 0.3) is 0 Å². The summed E-state index contributed by atoms with van der Waals surface area (Å²) in [6, 6.07) is 11.2. The number of nitrogens with one attached hydrogen (secondary N) is 2. The van der Waals surface area contributed by atoms with Gasteiger partial charge in [-0.3, -0.25) is 0 Å². The molecule has 2 aromatic carbocycles. The van der Waals surface area contributed by atoms with Crippen molar-refractivity contribution in [2.24, 2.45) is 0 Å². The Morgan fingerprint density at radius 1 is 1.19 bits per heavy atom. The summed E-state index contributed by atoms with van der Waals surface area (Å²) in [5, 5.41) is 25.0. The molecule has 0 aliphatic carbocycles. The van der Waals surface area contributed by atoms with Gasteiger partial charge in [-0.2, -0.15) is 0 Å². The highest BCUT2D eigenvalue weighted by molar-refractivity contribution is 6.31. The van der Waals surface area contributed by atoms with Gasteiger partial charge in [0.2, 0.25) is 0 Å². The quantitative estimate of drug-likeness (QED) is 0.652. The molecule has 0 bridgehead atoms. The zero-order valence-electron chi connectivity index (χ0n) is 11.3. The van der Waals surface area contributed by atoms with Crippen LogP contribution in [0.4, 0.5) is 16.2 Å². The zero-order chi connectivity index (χ0) is 15.4. The molecule has 110 valence electrons. The van der Waals surface area contributed by atoms with E-state index in [4.69, 9.17) is 11.6 Å². The number of amides is 2. The first-order valence-electron chi connectivity index (χ1n) is 6.31. The first kappa shape index (κ1) is 15.2. The fourth-order valence-electron chi connectivity index (χ4n) is 1.84. The van der Waals surface area contributed by atoms with Gasteiger partial charge in [0.15, 0.2) is 0 Å². The second kappa shape index (κ2) is 6.47. The SMILES string of the molecule is CC(O)c1cc(Cl)cc(NC(=O)Nc2ccccc2)c1O. The molecule has 0 saturated carbocycles. The number of carbonyl (C=O) groups is 1. The predicted molar refractivity (Wildman–Crippen MR) is 82.8 cm³/mol. The Morgan fingerprint density at radius 3 is 2.48 bits per heavy atom. The molecule has 21 heavy (non-hydrogen) atoms. The van der Waals surface area contributed by atoms with E-state index in [9.17, 15) is 15.0 Å². The summed E-state index contributed by atoms with van der Waals surface area (Å²) in [6.07, 6.45) is -0.901. The summed E-state index contributed by atoms with van der Waals surface area (Å²) in [5.41, 5.74) is 0.997. The van der Waals surface area contributed by atoms with E-state index < -0.39 is 12.1 Å². The summed E-state index contributed by atoms with van der Waals surface area (Å²) in [4.78, 5) is 11.9. The van der Waals surface area contributed by atoms with Gasteiger partial charge in [0.1, 0.15) is 5.75 Å². The minimum atomic E-state index is -0.901. The maximum Gasteiger partial charge on any atom is 0.323 e. The van der Waals surface area contributed by atoms with Gasteiger partial charge in [-0.25, -0.2) is 4.79 Å². The van der Waals surface area contributed by atoms with Crippen molar-refractivity contribution in [1.29, 1.82) is 0 Å². The molecular formula is C15H15ClN2O3. The van der Waals surface area contributed by atoms with Gasteiger partial charge < -0.3 is 20.8 Å². The number of anilines is 2. The Kier molecular flexibility index (Phi) is 4.67. The normalized spacial score (nSPS) is 11.8. The number of aliphatic hydroxyl groups excluding tert-OH is 1. The molecule has 2 rings (SSSR count). The van der Waals surface area contributed by atoms with Gasteiger partial charge in [-0.1, -0.05) is 29.8 Å². The largest absolute Gasteiger partial charge is 0.505 e. The molecule has 5 nitrogen and oxygen atoms in total. The number of hydrogen-bond acceptors (Lipinski definition) is 3. The molecule has 0 radical (unpaired) electrons. The summed E-state index contributed by atoms with van der Waals surface area (Å²) in [6.45, 7) is 1.50. The second-order valence-corrected chi connectivity index (χ2v) is 4.95. The van der Waals surface area contributed by atoms with Crippen LogP contribution in [0.1, 0.15) is 18.6 Å². The Balaban J connectivity index is 2.18. The van der Waals surface area contributed by atoms with Crippen LogP contribution in [0.2, 0.25) is 5.02 Å². The third-order valence-electron chi connectivity index (χ3n) is 2.83. The molecule has 1 atom stereocenters. The standard InChI is InChI=1S/C15H15ClN2O3/c1-9(19)12-7-10(16)8-13(14(12)20)18-15(21)17-11-5-3-2-4-6-11/h2-9,19-20H,1H3,(H2,17,18,21). The maximum absolute atomic E-state index is 11.9.